The quantitative estimate of drug-likeness (QED) is 0.388. The third-order valence-corrected chi connectivity index (χ3v) is 7.52. The molecule has 3 heterocycles. The molecule has 1 atom stereocenters. The summed E-state index contributed by atoms with van der Waals surface area (Å²) in [5.41, 5.74) is 1.55. The molecule has 0 spiro atoms. The number of hydrogen-bond donors (Lipinski definition) is 0. The Kier molecular flexibility index (Phi) is 7.61. The molecule has 1 aliphatic heterocycles. The van der Waals surface area contributed by atoms with Crippen LogP contribution in [0.1, 0.15) is 76.5 Å². The van der Waals surface area contributed by atoms with Crippen molar-refractivity contribution in [1.29, 1.82) is 0 Å². The third-order valence-electron chi connectivity index (χ3n) is 7.29. The van der Waals surface area contributed by atoms with Gasteiger partial charge in [0, 0.05) is 42.2 Å². The van der Waals surface area contributed by atoms with Gasteiger partial charge in [0.2, 0.25) is 5.88 Å². The molecule has 1 saturated carbocycles. The maximum absolute atomic E-state index is 13.1. The number of benzene rings is 1. The second-order valence-corrected chi connectivity index (χ2v) is 11.6. The molecular weight excluding hydrogens is 502 g/mol. The van der Waals surface area contributed by atoms with Crippen molar-refractivity contribution in [3.8, 4) is 11.6 Å². The zero-order valence-electron chi connectivity index (χ0n) is 22.6. The minimum absolute atomic E-state index is 0.118. The zero-order chi connectivity index (χ0) is 26.9. The van der Waals surface area contributed by atoms with Crippen molar-refractivity contribution in [3.63, 3.8) is 0 Å². The van der Waals surface area contributed by atoms with E-state index in [4.69, 9.17) is 26.2 Å². The monoisotopic (exact) mass is 537 g/mol. The van der Waals surface area contributed by atoms with Crippen molar-refractivity contribution < 1.29 is 14.3 Å². The summed E-state index contributed by atoms with van der Waals surface area (Å²) >= 11 is 6.45. The van der Waals surface area contributed by atoms with Crippen LogP contribution >= 0.6 is 11.6 Å². The summed E-state index contributed by atoms with van der Waals surface area (Å²) in [5.74, 6) is 2.78. The van der Waals surface area contributed by atoms with Crippen molar-refractivity contribution in [2.75, 3.05) is 6.54 Å². The Morgan fingerprint density at radius 1 is 1.11 bits per heavy atom. The third kappa shape index (κ3) is 5.80. The van der Waals surface area contributed by atoms with Gasteiger partial charge in [-0.05, 0) is 89.6 Å². The van der Waals surface area contributed by atoms with Gasteiger partial charge < -0.3 is 14.4 Å². The van der Waals surface area contributed by atoms with E-state index >= 15 is 0 Å². The Balaban J connectivity index is 1.41. The molecule has 8 nitrogen and oxygen atoms in total. The molecule has 1 aliphatic carbocycles. The molecule has 1 aromatic carbocycles. The van der Waals surface area contributed by atoms with Gasteiger partial charge >= 0.3 is 6.09 Å². The topological polar surface area (TPSA) is 82.4 Å². The summed E-state index contributed by atoms with van der Waals surface area (Å²) in [6.45, 7) is 8.19. The second kappa shape index (κ2) is 10.9. The highest BCUT2D eigenvalue weighted by molar-refractivity contribution is 6.30. The summed E-state index contributed by atoms with van der Waals surface area (Å²) < 4.78 is 14.1. The standard InChI is InChI=1S/C29H36ClN5O3/c1-5-34(28(36)38-29(2,3)4)22-17-20-16-21(30)11-14-24(20)35-25(18-22)32-33-27(35)19-9-12-23(13-10-19)37-26-8-6-7-15-31-26/h6-8,11,14-16,19,22-23H,5,9-10,12-13,17-18H2,1-4H3. The van der Waals surface area contributed by atoms with Gasteiger partial charge in [-0.1, -0.05) is 17.7 Å². The highest BCUT2D eigenvalue weighted by Gasteiger charge is 2.35. The molecule has 3 aromatic rings. The number of ether oxygens (including phenoxy) is 2. The average molecular weight is 538 g/mol. The van der Waals surface area contributed by atoms with Crippen molar-refractivity contribution >= 4 is 17.7 Å². The van der Waals surface area contributed by atoms with Gasteiger partial charge in [0.1, 0.15) is 23.4 Å². The number of amides is 1. The summed E-state index contributed by atoms with van der Waals surface area (Å²) in [6, 6.07) is 11.6. The van der Waals surface area contributed by atoms with Crippen LogP contribution < -0.4 is 4.74 Å². The summed E-state index contributed by atoms with van der Waals surface area (Å²) in [7, 11) is 0. The molecule has 0 saturated heterocycles. The summed E-state index contributed by atoms with van der Waals surface area (Å²) in [5, 5.41) is 10.0. The molecule has 5 rings (SSSR count). The number of carbonyl (C=O) groups is 1. The minimum atomic E-state index is -0.567. The first-order valence-corrected chi connectivity index (χ1v) is 13.9. The SMILES string of the molecule is CCN(C(=O)OC(C)(C)C)C1Cc2cc(Cl)ccc2-n2c(nnc2C2CCC(Oc3ccccn3)CC2)C1. The molecule has 2 aliphatic rings. The normalized spacial score (nSPS) is 21.1. The fourth-order valence-corrected chi connectivity index (χ4v) is 5.76. The highest BCUT2D eigenvalue weighted by Crippen LogP contribution is 2.37. The van der Waals surface area contributed by atoms with Crippen LogP contribution in [0.15, 0.2) is 42.6 Å². The van der Waals surface area contributed by atoms with Crippen molar-refractivity contribution in [3.05, 3.63) is 64.8 Å². The number of hydrogen-bond acceptors (Lipinski definition) is 6. The van der Waals surface area contributed by atoms with Crippen LogP contribution in [0.25, 0.3) is 5.69 Å². The zero-order valence-corrected chi connectivity index (χ0v) is 23.3. The summed E-state index contributed by atoms with van der Waals surface area (Å²) in [6.07, 6.45) is 6.63. The van der Waals surface area contributed by atoms with Gasteiger partial charge in [-0.15, -0.1) is 10.2 Å². The van der Waals surface area contributed by atoms with E-state index in [0.717, 1.165) is 48.6 Å². The van der Waals surface area contributed by atoms with E-state index in [1.807, 2.05) is 58.0 Å². The van der Waals surface area contributed by atoms with Crippen LogP contribution in [0.5, 0.6) is 5.88 Å². The van der Waals surface area contributed by atoms with Crippen molar-refractivity contribution in [2.24, 2.45) is 0 Å². The van der Waals surface area contributed by atoms with E-state index in [1.165, 1.54) is 0 Å². The molecule has 0 radical (unpaired) electrons. The maximum atomic E-state index is 13.1. The van der Waals surface area contributed by atoms with Gasteiger partial charge in [0.15, 0.2) is 0 Å². The van der Waals surface area contributed by atoms with E-state index in [9.17, 15) is 4.79 Å². The van der Waals surface area contributed by atoms with E-state index in [1.54, 1.807) is 11.1 Å². The lowest BCUT2D eigenvalue weighted by Gasteiger charge is -2.32. The minimum Gasteiger partial charge on any atom is -0.474 e. The number of likely N-dealkylation sites (N-methyl/N-ethyl adjacent to an activating group) is 1. The van der Waals surface area contributed by atoms with Crippen LogP contribution in [0.4, 0.5) is 4.79 Å². The first-order chi connectivity index (χ1) is 18.2. The largest absolute Gasteiger partial charge is 0.474 e. The van der Waals surface area contributed by atoms with Crippen LogP contribution in [0.2, 0.25) is 5.02 Å². The number of halogens is 1. The lowest BCUT2D eigenvalue weighted by atomic mass is 9.86. The number of aromatic nitrogens is 4. The van der Waals surface area contributed by atoms with Crippen LogP contribution in [-0.4, -0.2) is 55.0 Å². The Bertz CT molecular complexity index is 1260. The van der Waals surface area contributed by atoms with Crippen LogP contribution in [-0.2, 0) is 17.6 Å². The molecule has 1 fully saturated rings. The van der Waals surface area contributed by atoms with E-state index < -0.39 is 5.60 Å². The number of pyridine rings is 1. The Labute approximate surface area is 229 Å². The fraction of sp³-hybridized carbons (Fsp3) is 0.517. The maximum Gasteiger partial charge on any atom is 0.410 e. The van der Waals surface area contributed by atoms with E-state index in [0.29, 0.717) is 30.3 Å². The van der Waals surface area contributed by atoms with Gasteiger partial charge in [0.05, 0.1) is 5.69 Å². The molecule has 38 heavy (non-hydrogen) atoms. The van der Waals surface area contributed by atoms with Gasteiger partial charge in [-0.3, -0.25) is 4.57 Å². The molecular formula is C29H36ClN5O3. The molecule has 9 heteroatoms. The Morgan fingerprint density at radius 3 is 2.58 bits per heavy atom. The van der Waals surface area contributed by atoms with Crippen molar-refractivity contribution in [1.82, 2.24) is 24.6 Å². The number of fused-ring (bicyclic) bond motifs is 3. The molecule has 1 amide bonds. The van der Waals surface area contributed by atoms with Gasteiger partial charge in [0.25, 0.3) is 0 Å². The fourth-order valence-electron chi connectivity index (χ4n) is 5.57. The van der Waals surface area contributed by atoms with E-state index in [2.05, 4.69) is 20.7 Å². The molecule has 202 valence electrons. The molecule has 1 unspecified atom stereocenters. The lowest BCUT2D eigenvalue weighted by Crippen LogP contribution is -2.45. The highest BCUT2D eigenvalue weighted by atomic mass is 35.5. The van der Waals surface area contributed by atoms with Crippen LogP contribution in [0, 0.1) is 0 Å². The van der Waals surface area contributed by atoms with Crippen LogP contribution in [0.3, 0.4) is 0 Å². The van der Waals surface area contributed by atoms with E-state index in [-0.39, 0.29) is 24.2 Å². The first-order valence-electron chi connectivity index (χ1n) is 13.5. The van der Waals surface area contributed by atoms with Gasteiger partial charge in [-0.2, -0.15) is 0 Å². The molecule has 0 bridgehead atoms. The number of carbonyl (C=O) groups excluding carboxylic acids is 1. The Hall–Kier alpha value is -3.13. The van der Waals surface area contributed by atoms with Gasteiger partial charge in [-0.25, -0.2) is 9.78 Å². The second-order valence-electron chi connectivity index (χ2n) is 11.2. The molecule has 0 N–H and O–H groups in total. The Morgan fingerprint density at radius 2 is 1.89 bits per heavy atom. The van der Waals surface area contributed by atoms with Crippen molar-refractivity contribution in [2.45, 2.75) is 89.9 Å². The number of rotatable bonds is 5. The smallest absolute Gasteiger partial charge is 0.410 e. The lowest BCUT2D eigenvalue weighted by molar-refractivity contribution is 0.0172. The first kappa shape index (κ1) is 26.5. The number of nitrogens with zero attached hydrogens (tertiary/aromatic N) is 5. The average Bonchev–Trinajstić information content (AvgIpc) is 3.21. The summed E-state index contributed by atoms with van der Waals surface area (Å²) in [4.78, 5) is 19.2. The predicted octanol–water partition coefficient (Wildman–Crippen LogP) is 6.15. The molecule has 2 aromatic heterocycles. The predicted molar refractivity (Wildman–Crippen MR) is 146 cm³/mol.